The maximum Gasteiger partial charge on any atom is 0.134 e. The van der Waals surface area contributed by atoms with Gasteiger partial charge in [-0.3, -0.25) is 0 Å². The molecule has 1 aromatic heterocycles. The Hall–Kier alpha value is -1.62. The molecule has 0 atom stereocenters. The molecule has 1 fully saturated rings. The van der Waals surface area contributed by atoms with Gasteiger partial charge in [0.25, 0.3) is 0 Å². The monoisotopic (exact) mass is 315 g/mol. The summed E-state index contributed by atoms with van der Waals surface area (Å²) in [7, 11) is 0. The second-order valence-corrected chi connectivity index (χ2v) is 6.47. The molecule has 5 nitrogen and oxygen atoms in total. The maximum absolute atomic E-state index is 4.46. The molecule has 1 aromatic rings. The Kier molecular flexibility index (Phi) is 5.86. The normalized spacial score (nSPS) is 19.5. The lowest BCUT2D eigenvalue weighted by Gasteiger charge is -2.34. The Morgan fingerprint density at radius 3 is 2.74 bits per heavy atom. The van der Waals surface area contributed by atoms with Crippen molar-refractivity contribution in [2.75, 3.05) is 49.5 Å². The molecular formula is C18H29N5. The van der Waals surface area contributed by atoms with Crippen LogP contribution in [0.1, 0.15) is 39.0 Å². The maximum atomic E-state index is 4.46. The zero-order valence-electron chi connectivity index (χ0n) is 14.3. The van der Waals surface area contributed by atoms with Crippen LogP contribution in [-0.2, 0) is 0 Å². The van der Waals surface area contributed by atoms with E-state index in [9.17, 15) is 0 Å². The van der Waals surface area contributed by atoms with Crippen LogP contribution in [-0.4, -0.2) is 54.1 Å². The quantitative estimate of drug-likeness (QED) is 0.818. The van der Waals surface area contributed by atoms with Gasteiger partial charge in [0.15, 0.2) is 0 Å². The van der Waals surface area contributed by atoms with Crippen LogP contribution in [0.5, 0.6) is 0 Å². The van der Waals surface area contributed by atoms with Crippen LogP contribution < -0.4 is 10.2 Å². The van der Waals surface area contributed by atoms with Crippen LogP contribution in [0.2, 0.25) is 0 Å². The van der Waals surface area contributed by atoms with Gasteiger partial charge >= 0.3 is 0 Å². The lowest BCUT2D eigenvalue weighted by molar-refractivity contribution is 0.270. The molecule has 5 heteroatoms. The number of hydrogen-bond acceptors (Lipinski definition) is 5. The van der Waals surface area contributed by atoms with Gasteiger partial charge in [0.2, 0.25) is 0 Å². The van der Waals surface area contributed by atoms with Gasteiger partial charge in [0.1, 0.15) is 18.0 Å². The summed E-state index contributed by atoms with van der Waals surface area (Å²) in [4.78, 5) is 13.7. The van der Waals surface area contributed by atoms with Crippen molar-refractivity contribution in [1.82, 2.24) is 14.9 Å². The molecule has 0 spiro atoms. The number of nitrogens with one attached hydrogen (secondary N) is 1. The first-order valence-electron chi connectivity index (χ1n) is 9.06. The summed E-state index contributed by atoms with van der Waals surface area (Å²) < 4.78 is 0. The highest BCUT2D eigenvalue weighted by Crippen LogP contribution is 2.20. The fraction of sp³-hybridized carbons (Fsp3) is 0.667. The van der Waals surface area contributed by atoms with Crippen LogP contribution in [0, 0.1) is 0 Å². The molecule has 126 valence electrons. The van der Waals surface area contributed by atoms with Crippen LogP contribution in [0.3, 0.4) is 0 Å². The molecule has 1 aliphatic carbocycles. The smallest absolute Gasteiger partial charge is 0.134 e. The number of hydrogen-bond donors (Lipinski definition) is 1. The molecule has 0 unspecified atom stereocenters. The minimum absolute atomic E-state index is 0.948. The predicted octanol–water partition coefficient (Wildman–Crippen LogP) is 2.92. The summed E-state index contributed by atoms with van der Waals surface area (Å²) in [6, 6.07) is 2.09. The van der Waals surface area contributed by atoms with E-state index in [1.54, 1.807) is 11.9 Å². The zero-order chi connectivity index (χ0) is 15.9. The molecule has 1 N–H and O–H groups in total. The summed E-state index contributed by atoms with van der Waals surface area (Å²) in [5.74, 6) is 2.00. The summed E-state index contributed by atoms with van der Waals surface area (Å²) >= 11 is 0. The van der Waals surface area contributed by atoms with E-state index in [4.69, 9.17) is 0 Å². The average molecular weight is 315 g/mol. The van der Waals surface area contributed by atoms with Crippen LogP contribution in [0.25, 0.3) is 0 Å². The number of nitrogens with zero attached hydrogens (tertiary/aromatic N) is 4. The molecular weight excluding hydrogens is 286 g/mol. The molecule has 23 heavy (non-hydrogen) atoms. The summed E-state index contributed by atoms with van der Waals surface area (Å²) in [5.41, 5.74) is 1.61. The molecule has 0 aromatic carbocycles. The van der Waals surface area contributed by atoms with Gasteiger partial charge in [-0.1, -0.05) is 18.6 Å². The Balaban J connectivity index is 1.50. The van der Waals surface area contributed by atoms with Crippen molar-refractivity contribution in [2.24, 2.45) is 0 Å². The van der Waals surface area contributed by atoms with Gasteiger partial charge in [-0.15, -0.1) is 0 Å². The predicted molar refractivity (Wildman–Crippen MR) is 96.0 cm³/mol. The van der Waals surface area contributed by atoms with Crippen LogP contribution in [0.4, 0.5) is 11.6 Å². The van der Waals surface area contributed by atoms with Gasteiger partial charge in [-0.2, -0.15) is 0 Å². The van der Waals surface area contributed by atoms with Crippen molar-refractivity contribution in [2.45, 2.75) is 39.0 Å². The number of rotatable bonds is 6. The highest BCUT2D eigenvalue weighted by atomic mass is 15.3. The molecule has 1 aliphatic heterocycles. The average Bonchev–Trinajstić information content (AvgIpc) is 2.63. The first-order valence-corrected chi connectivity index (χ1v) is 9.06. The van der Waals surface area contributed by atoms with E-state index in [2.05, 4.69) is 44.2 Å². The summed E-state index contributed by atoms with van der Waals surface area (Å²) in [5, 5.41) is 3.46. The van der Waals surface area contributed by atoms with Crippen molar-refractivity contribution in [3.8, 4) is 0 Å². The van der Waals surface area contributed by atoms with Gasteiger partial charge < -0.3 is 15.1 Å². The standard InChI is InChI=1S/C18H29N5/c1-2-22-10-12-23(13-11-22)18-14-17(20-15-21-18)19-9-8-16-6-4-3-5-7-16/h6,14-15H,2-5,7-13H2,1H3,(H,19,20,21). The van der Waals surface area contributed by atoms with Crippen molar-refractivity contribution in [3.05, 3.63) is 24.0 Å². The Morgan fingerprint density at radius 2 is 2.00 bits per heavy atom. The van der Waals surface area contributed by atoms with E-state index in [1.165, 1.54) is 25.7 Å². The molecule has 0 amide bonds. The number of allylic oxidation sites excluding steroid dienone is 1. The lowest BCUT2D eigenvalue weighted by atomic mass is 9.97. The highest BCUT2D eigenvalue weighted by Gasteiger charge is 2.17. The summed E-state index contributed by atoms with van der Waals surface area (Å²) in [6.07, 6.45) is 10.5. The molecule has 0 bridgehead atoms. The van der Waals surface area contributed by atoms with Gasteiger partial charge in [-0.25, -0.2) is 9.97 Å². The van der Waals surface area contributed by atoms with E-state index >= 15 is 0 Å². The SMILES string of the molecule is CCN1CCN(c2cc(NCCC3=CCCCC3)ncn2)CC1. The second-order valence-electron chi connectivity index (χ2n) is 6.47. The van der Waals surface area contributed by atoms with E-state index in [1.807, 2.05) is 0 Å². The molecule has 0 saturated carbocycles. The van der Waals surface area contributed by atoms with E-state index < -0.39 is 0 Å². The lowest BCUT2D eigenvalue weighted by Crippen LogP contribution is -2.46. The third kappa shape index (κ3) is 4.67. The topological polar surface area (TPSA) is 44.3 Å². The second kappa shape index (κ2) is 8.29. The Morgan fingerprint density at radius 1 is 1.13 bits per heavy atom. The third-order valence-electron chi connectivity index (χ3n) is 4.93. The number of likely N-dealkylation sites (N-methyl/N-ethyl adjacent to an activating group) is 1. The minimum Gasteiger partial charge on any atom is -0.370 e. The van der Waals surface area contributed by atoms with Crippen molar-refractivity contribution >= 4 is 11.6 Å². The van der Waals surface area contributed by atoms with Crippen LogP contribution in [0.15, 0.2) is 24.0 Å². The number of piperazine rings is 1. The Bertz CT molecular complexity index is 520. The molecule has 1 saturated heterocycles. The van der Waals surface area contributed by atoms with Crippen LogP contribution >= 0.6 is 0 Å². The van der Waals surface area contributed by atoms with Gasteiger partial charge in [0.05, 0.1) is 0 Å². The fourth-order valence-corrected chi connectivity index (χ4v) is 3.39. The largest absolute Gasteiger partial charge is 0.370 e. The van der Waals surface area contributed by atoms with E-state index in [0.29, 0.717) is 0 Å². The zero-order valence-corrected chi connectivity index (χ0v) is 14.3. The van der Waals surface area contributed by atoms with E-state index in [0.717, 1.165) is 57.3 Å². The van der Waals surface area contributed by atoms with Crippen molar-refractivity contribution in [1.29, 1.82) is 0 Å². The number of aromatic nitrogens is 2. The highest BCUT2D eigenvalue weighted by molar-refractivity contribution is 5.48. The van der Waals surface area contributed by atoms with Crippen molar-refractivity contribution < 1.29 is 0 Å². The van der Waals surface area contributed by atoms with Crippen molar-refractivity contribution in [3.63, 3.8) is 0 Å². The first-order chi connectivity index (χ1) is 11.3. The van der Waals surface area contributed by atoms with Gasteiger partial charge in [0, 0.05) is 38.8 Å². The summed E-state index contributed by atoms with van der Waals surface area (Å²) in [6.45, 7) is 8.68. The molecule has 2 heterocycles. The first kappa shape index (κ1) is 16.2. The third-order valence-corrected chi connectivity index (χ3v) is 4.93. The number of anilines is 2. The fourth-order valence-electron chi connectivity index (χ4n) is 3.39. The van der Waals surface area contributed by atoms with E-state index in [-0.39, 0.29) is 0 Å². The minimum atomic E-state index is 0.948. The molecule has 3 rings (SSSR count). The van der Waals surface area contributed by atoms with Gasteiger partial charge in [-0.05, 0) is 38.6 Å². The molecule has 2 aliphatic rings. The Labute approximate surface area is 139 Å². The molecule has 0 radical (unpaired) electrons.